The largest absolute Gasteiger partial charge is 0.384 e. The molecule has 1 aromatic heterocycles. The minimum absolute atomic E-state index is 0.578. The third kappa shape index (κ3) is 2.78. The van der Waals surface area contributed by atoms with E-state index in [0.717, 1.165) is 10.9 Å². The fraction of sp³-hybridized carbons (Fsp3) is 0.545. The maximum Gasteiger partial charge on any atom is 0.123 e. The first-order chi connectivity index (χ1) is 7.28. The van der Waals surface area contributed by atoms with Crippen LogP contribution in [-0.4, -0.2) is 22.5 Å². The molecule has 0 aromatic carbocycles. The van der Waals surface area contributed by atoms with E-state index >= 15 is 0 Å². The van der Waals surface area contributed by atoms with Crippen molar-refractivity contribution in [2.45, 2.75) is 30.6 Å². The molecule has 15 heavy (non-hydrogen) atoms. The van der Waals surface area contributed by atoms with Crippen LogP contribution in [0.1, 0.15) is 19.3 Å². The molecule has 2 rings (SSSR count). The maximum atomic E-state index is 5.54. The predicted molar refractivity (Wildman–Crippen MR) is 67.2 cm³/mol. The van der Waals surface area contributed by atoms with Crippen molar-refractivity contribution in [1.82, 2.24) is 4.98 Å². The number of rotatable bonds is 3. The molecule has 2 unspecified atom stereocenters. The summed E-state index contributed by atoms with van der Waals surface area (Å²) in [4.78, 5) is 4.07. The van der Waals surface area contributed by atoms with Gasteiger partial charge in [0.05, 0.1) is 11.9 Å². The minimum Gasteiger partial charge on any atom is -0.384 e. The first-order valence-corrected chi connectivity index (χ1v) is 6.57. The molecule has 4 heteroatoms. The average molecular weight is 223 g/mol. The van der Waals surface area contributed by atoms with Crippen LogP contribution in [0.2, 0.25) is 0 Å². The van der Waals surface area contributed by atoms with Gasteiger partial charge in [-0.2, -0.15) is 11.8 Å². The summed E-state index contributed by atoms with van der Waals surface area (Å²) in [5.41, 5.74) is 6.62. The number of thioether (sulfide) groups is 1. The number of nitrogens with one attached hydrogen (secondary N) is 1. The lowest BCUT2D eigenvalue weighted by molar-refractivity contribution is 0.756. The van der Waals surface area contributed by atoms with E-state index in [1.807, 2.05) is 30.1 Å². The molecule has 82 valence electrons. The standard InChI is InChI=1S/C11H17N3S/c1-15-10-4-2-8(6-10)14-9-3-5-11(12)13-7-9/h3,5,7-8,10,14H,2,4,6H2,1H3,(H2,12,13). The first-order valence-electron chi connectivity index (χ1n) is 5.29. The summed E-state index contributed by atoms with van der Waals surface area (Å²) in [5, 5.41) is 4.32. The summed E-state index contributed by atoms with van der Waals surface area (Å²) in [7, 11) is 0. The second-order valence-electron chi connectivity index (χ2n) is 3.98. The third-order valence-electron chi connectivity index (χ3n) is 2.87. The van der Waals surface area contributed by atoms with Crippen LogP contribution in [0.5, 0.6) is 0 Å². The van der Waals surface area contributed by atoms with Crippen molar-refractivity contribution < 1.29 is 0 Å². The van der Waals surface area contributed by atoms with Crippen LogP contribution >= 0.6 is 11.8 Å². The molecule has 0 radical (unpaired) electrons. The van der Waals surface area contributed by atoms with Crippen molar-refractivity contribution in [3.63, 3.8) is 0 Å². The molecule has 0 spiro atoms. The van der Waals surface area contributed by atoms with Crippen LogP contribution in [0.25, 0.3) is 0 Å². The van der Waals surface area contributed by atoms with Gasteiger partial charge >= 0.3 is 0 Å². The fourth-order valence-electron chi connectivity index (χ4n) is 2.01. The van der Waals surface area contributed by atoms with Crippen LogP contribution in [0.15, 0.2) is 18.3 Å². The zero-order valence-corrected chi connectivity index (χ0v) is 9.76. The van der Waals surface area contributed by atoms with Crippen molar-refractivity contribution in [2.75, 3.05) is 17.3 Å². The predicted octanol–water partition coefficient (Wildman–Crippen LogP) is 2.36. The molecule has 3 N–H and O–H groups in total. The van der Waals surface area contributed by atoms with Crippen molar-refractivity contribution >= 4 is 23.3 Å². The molecule has 1 aliphatic rings. The minimum atomic E-state index is 0.578. The number of aromatic nitrogens is 1. The maximum absolute atomic E-state index is 5.54. The molecule has 1 aromatic rings. The van der Waals surface area contributed by atoms with Gasteiger partial charge in [0.15, 0.2) is 0 Å². The number of nitrogen functional groups attached to an aromatic ring is 1. The smallest absolute Gasteiger partial charge is 0.123 e. The number of anilines is 2. The average Bonchev–Trinajstić information content (AvgIpc) is 2.69. The molecule has 0 bridgehead atoms. The highest BCUT2D eigenvalue weighted by Gasteiger charge is 2.23. The highest BCUT2D eigenvalue weighted by Crippen LogP contribution is 2.30. The van der Waals surface area contributed by atoms with Crippen LogP contribution in [0.3, 0.4) is 0 Å². The van der Waals surface area contributed by atoms with E-state index in [9.17, 15) is 0 Å². The van der Waals surface area contributed by atoms with Crippen LogP contribution in [0, 0.1) is 0 Å². The molecule has 0 aliphatic heterocycles. The van der Waals surface area contributed by atoms with Gasteiger partial charge in [0.25, 0.3) is 0 Å². The Morgan fingerprint density at radius 2 is 2.33 bits per heavy atom. The van der Waals surface area contributed by atoms with Crippen molar-refractivity contribution in [2.24, 2.45) is 0 Å². The van der Waals surface area contributed by atoms with Gasteiger partial charge in [-0.1, -0.05) is 0 Å². The first kappa shape index (κ1) is 10.6. The molecule has 1 aliphatic carbocycles. The Morgan fingerprint density at radius 3 is 2.93 bits per heavy atom. The summed E-state index contributed by atoms with van der Waals surface area (Å²) in [5.74, 6) is 0.578. The number of pyridine rings is 1. The van der Waals surface area contributed by atoms with Gasteiger partial charge in [0, 0.05) is 11.3 Å². The number of hydrogen-bond acceptors (Lipinski definition) is 4. The molecule has 2 atom stereocenters. The summed E-state index contributed by atoms with van der Waals surface area (Å²) in [6, 6.07) is 4.44. The van der Waals surface area contributed by atoms with Gasteiger partial charge in [-0.25, -0.2) is 4.98 Å². The van der Waals surface area contributed by atoms with Gasteiger partial charge < -0.3 is 11.1 Å². The van der Waals surface area contributed by atoms with Crippen molar-refractivity contribution in [3.8, 4) is 0 Å². The van der Waals surface area contributed by atoms with E-state index in [-0.39, 0.29) is 0 Å². The Kier molecular flexibility index (Phi) is 3.36. The summed E-state index contributed by atoms with van der Waals surface area (Å²) in [6.07, 6.45) is 7.84. The normalized spacial score (nSPS) is 25.4. The summed E-state index contributed by atoms with van der Waals surface area (Å²) < 4.78 is 0. The molecule has 0 saturated heterocycles. The molecular formula is C11H17N3S. The molecule has 1 heterocycles. The van der Waals surface area contributed by atoms with E-state index < -0.39 is 0 Å². The fourth-order valence-corrected chi connectivity index (χ4v) is 2.81. The highest BCUT2D eigenvalue weighted by molar-refractivity contribution is 7.99. The Labute approximate surface area is 94.8 Å². The monoisotopic (exact) mass is 223 g/mol. The van der Waals surface area contributed by atoms with E-state index in [2.05, 4.69) is 16.6 Å². The van der Waals surface area contributed by atoms with Gasteiger partial charge in [-0.05, 0) is 37.7 Å². The zero-order valence-electron chi connectivity index (χ0n) is 8.94. The zero-order chi connectivity index (χ0) is 10.7. The second-order valence-corrected chi connectivity index (χ2v) is 5.12. The summed E-state index contributed by atoms with van der Waals surface area (Å²) >= 11 is 1.97. The van der Waals surface area contributed by atoms with E-state index in [1.54, 1.807) is 0 Å². The Morgan fingerprint density at radius 1 is 1.47 bits per heavy atom. The third-order valence-corrected chi connectivity index (χ3v) is 3.97. The molecular weight excluding hydrogens is 206 g/mol. The van der Waals surface area contributed by atoms with Gasteiger partial charge in [-0.3, -0.25) is 0 Å². The lowest BCUT2D eigenvalue weighted by Gasteiger charge is -2.13. The van der Waals surface area contributed by atoms with Crippen LogP contribution in [-0.2, 0) is 0 Å². The second kappa shape index (κ2) is 4.75. The van der Waals surface area contributed by atoms with Crippen LogP contribution < -0.4 is 11.1 Å². The number of nitrogens with zero attached hydrogens (tertiary/aromatic N) is 1. The Balaban J connectivity index is 1.90. The molecule has 0 amide bonds. The lowest BCUT2D eigenvalue weighted by atomic mass is 10.2. The van der Waals surface area contributed by atoms with Crippen molar-refractivity contribution in [1.29, 1.82) is 0 Å². The topological polar surface area (TPSA) is 50.9 Å². The van der Waals surface area contributed by atoms with Gasteiger partial charge in [0.1, 0.15) is 5.82 Å². The SMILES string of the molecule is CSC1CCC(Nc2ccc(N)nc2)C1. The summed E-state index contributed by atoms with van der Waals surface area (Å²) in [6.45, 7) is 0. The molecule has 1 saturated carbocycles. The molecule has 1 fully saturated rings. The number of nitrogens with two attached hydrogens (primary N) is 1. The van der Waals surface area contributed by atoms with E-state index in [4.69, 9.17) is 5.73 Å². The molecule has 3 nitrogen and oxygen atoms in total. The Bertz CT molecular complexity index is 312. The van der Waals surface area contributed by atoms with Gasteiger partial charge in [-0.15, -0.1) is 0 Å². The highest BCUT2D eigenvalue weighted by atomic mass is 32.2. The number of hydrogen-bond donors (Lipinski definition) is 2. The van der Waals surface area contributed by atoms with E-state index in [1.165, 1.54) is 19.3 Å². The van der Waals surface area contributed by atoms with E-state index in [0.29, 0.717) is 11.9 Å². The lowest BCUT2D eigenvalue weighted by Crippen LogP contribution is -2.16. The van der Waals surface area contributed by atoms with Crippen LogP contribution in [0.4, 0.5) is 11.5 Å². The quantitative estimate of drug-likeness (QED) is 0.826. The van der Waals surface area contributed by atoms with Crippen molar-refractivity contribution in [3.05, 3.63) is 18.3 Å². The Hall–Kier alpha value is -0.900. The van der Waals surface area contributed by atoms with Gasteiger partial charge in [0.2, 0.25) is 0 Å².